The Hall–Kier alpha value is -1.78. The Morgan fingerprint density at radius 1 is 1.42 bits per heavy atom. The van der Waals surface area contributed by atoms with Gasteiger partial charge in [0, 0.05) is 18.8 Å². The molecule has 1 aromatic rings. The van der Waals surface area contributed by atoms with E-state index in [4.69, 9.17) is 10.9 Å². The van der Waals surface area contributed by atoms with Crippen LogP contribution in [0.1, 0.15) is 43.6 Å². The molecule has 0 spiro atoms. The predicted molar refractivity (Wildman–Crippen MR) is 79.0 cm³/mol. The number of hydrogen-bond acceptors (Lipinski definition) is 4. The fraction of sp³-hybridized carbons (Fsp3) is 0.571. The van der Waals surface area contributed by atoms with Crippen LogP contribution in [-0.2, 0) is 0 Å². The van der Waals surface area contributed by atoms with Gasteiger partial charge in [-0.3, -0.25) is 4.98 Å². The normalized spacial score (nSPS) is 11.7. The quantitative estimate of drug-likeness (QED) is 0.358. The number of amidine groups is 1. The number of rotatable bonds is 6. The van der Waals surface area contributed by atoms with Crippen molar-refractivity contribution in [2.45, 2.75) is 40.5 Å². The summed E-state index contributed by atoms with van der Waals surface area (Å²) in [5.74, 6) is 0.120. The number of oxime groups is 1. The Balaban J connectivity index is 3.29. The molecule has 0 atom stereocenters. The molecule has 1 aromatic heterocycles. The first-order chi connectivity index (χ1) is 9.04. The molecule has 0 fully saturated rings. The zero-order chi connectivity index (χ0) is 14.4. The highest BCUT2D eigenvalue weighted by molar-refractivity contribution is 6.03. The second-order valence-corrected chi connectivity index (χ2v) is 4.66. The van der Waals surface area contributed by atoms with Crippen molar-refractivity contribution in [3.05, 3.63) is 23.0 Å². The number of aromatic nitrogens is 1. The molecule has 3 N–H and O–H groups in total. The van der Waals surface area contributed by atoms with Crippen LogP contribution in [0, 0.1) is 13.8 Å². The number of aryl methyl sites for hydroxylation is 2. The molecule has 5 nitrogen and oxygen atoms in total. The summed E-state index contributed by atoms with van der Waals surface area (Å²) in [6.45, 7) is 9.96. The van der Waals surface area contributed by atoms with Gasteiger partial charge < -0.3 is 15.8 Å². The molecule has 0 aromatic carbocycles. The second-order valence-electron chi connectivity index (χ2n) is 4.66. The van der Waals surface area contributed by atoms with E-state index < -0.39 is 0 Å². The number of pyridine rings is 1. The average Bonchev–Trinajstić information content (AvgIpc) is 2.38. The van der Waals surface area contributed by atoms with Gasteiger partial charge in [0.15, 0.2) is 5.84 Å². The van der Waals surface area contributed by atoms with Crippen LogP contribution in [0.4, 0.5) is 5.69 Å². The lowest BCUT2D eigenvalue weighted by Gasteiger charge is -2.26. The van der Waals surface area contributed by atoms with Crippen LogP contribution in [0.15, 0.2) is 11.2 Å². The van der Waals surface area contributed by atoms with Gasteiger partial charge in [0.25, 0.3) is 0 Å². The fourth-order valence-corrected chi connectivity index (χ4v) is 2.22. The van der Waals surface area contributed by atoms with Crippen molar-refractivity contribution < 1.29 is 5.21 Å². The molecule has 5 heteroatoms. The fourth-order valence-electron chi connectivity index (χ4n) is 2.22. The molecule has 0 aliphatic heterocycles. The van der Waals surface area contributed by atoms with Crippen molar-refractivity contribution in [2.24, 2.45) is 10.9 Å². The van der Waals surface area contributed by atoms with Crippen LogP contribution in [0.3, 0.4) is 0 Å². The minimum absolute atomic E-state index is 0.120. The van der Waals surface area contributed by atoms with E-state index in [-0.39, 0.29) is 5.84 Å². The molecule has 0 saturated carbocycles. The van der Waals surface area contributed by atoms with E-state index in [0.29, 0.717) is 0 Å². The van der Waals surface area contributed by atoms with Crippen molar-refractivity contribution in [3.63, 3.8) is 0 Å². The summed E-state index contributed by atoms with van der Waals surface area (Å²) in [4.78, 5) is 6.65. The lowest BCUT2D eigenvalue weighted by Crippen LogP contribution is -2.28. The van der Waals surface area contributed by atoms with Crippen molar-refractivity contribution in [2.75, 3.05) is 18.0 Å². The zero-order valence-electron chi connectivity index (χ0n) is 12.3. The molecule has 0 amide bonds. The summed E-state index contributed by atoms with van der Waals surface area (Å²) in [5, 5.41) is 12.1. The molecule has 19 heavy (non-hydrogen) atoms. The maximum atomic E-state index is 8.95. The number of nitrogens with zero attached hydrogens (tertiary/aromatic N) is 3. The van der Waals surface area contributed by atoms with Crippen LogP contribution >= 0.6 is 0 Å². The summed E-state index contributed by atoms with van der Waals surface area (Å²) in [6.07, 6.45) is 2.25. The Morgan fingerprint density at radius 2 is 2.11 bits per heavy atom. The molecule has 0 aliphatic rings. The predicted octanol–water partition coefficient (Wildman–Crippen LogP) is 2.42. The molecule has 0 radical (unpaired) electrons. The maximum absolute atomic E-state index is 8.95. The highest BCUT2D eigenvalue weighted by atomic mass is 16.4. The molecule has 0 aliphatic carbocycles. The van der Waals surface area contributed by atoms with E-state index >= 15 is 0 Å². The maximum Gasteiger partial charge on any atom is 0.174 e. The van der Waals surface area contributed by atoms with Crippen LogP contribution in [0.25, 0.3) is 0 Å². The Labute approximate surface area is 115 Å². The van der Waals surface area contributed by atoms with Crippen LogP contribution < -0.4 is 10.6 Å². The van der Waals surface area contributed by atoms with Gasteiger partial charge in [0.05, 0.1) is 16.9 Å². The molecule has 106 valence electrons. The first-order valence-electron chi connectivity index (χ1n) is 6.76. The lowest BCUT2D eigenvalue weighted by molar-refractivity contribution is 0.318. The molecule has 0 bridgehead atoms. The van der Waals surface area contributed by atoms with Crippen LogP contribution in [0.2, 0.25) is 0 Å². The summed E-state index contributed by atoms with van der Waals surface area (Å²) in [5.41, 5.74) is 9.26. The summed E-state index contributed by atoms with van der Waals surface area (Å²) in [6, 6.07) is 2.00. The van der Waals surface area contributed by atoms with Gasteiger partial charge in [-0.25, -0.2) is 0 Å². The van der Waals surface area contributed by atoms with Crippen molar-refractivity contribution in [3.8, 4) is 0 Å². The third-order valence-corrected chi connectivity index (χ3v) is 3.18. The Bertz CT molecular complexity index is 457. The monoisotopic (exact) mass is 264 g/mol. The van der Waals surface area contributed by atoms with E-state index in [1.807, 2.05) is 19.9 Å². The Kier molecular flexibility index (Phi) is 5.60. The zero-order valence-corrected chi connectivity index (χ0v) is 12.3. The lowest BCUT2D eigenvalue weighted by atomic mass is 10.1. The largest absolute Gasteiger partial charge is 0.409 e. The SMILES string of the molecule is CCCCN(CC)c1cc(C)nc(C)c1/C(N)=N/O. The third kappa shape index (κ3) is 3.59. The summed E-state index contributed by atoms with van der Waals surface area (Å²) in [7, 11) is 0. The third-order valence-electron chi connectivity index (χ3n) is 3.18. The molecule has 1 heterocycles. The average molecular weight is 264 g/mol. The van der Waals surface area contributed by atoms with Gasteiger partial charge in [-0.05, 0) is 33.3 Å². The van der Waals surface area contributed by atoms with E-state index in [1.54, 1.807) is 0 Å². The molecular weight excluding hydrogens is 240 g/mol. The first kappa shape index (κ1) is 15.3. The van der Waals surface area contributed by atoms with Gasteiger partial charge in [-0.15, -0.1) is 0 Å². The van der Waals surface area contributed by atoms with Gasteiger partial charge in [-0.1, -0.05) is 18.5 Å². The summed E-state index contributed by atoms with van der Waals surface area (Å²) < 4.78 is 0. The molecule has 1 rings (SSSR count). The van der Waals surface area contributed by atoms with E-state index in [9.17, 15) is 0 Å². The Morgan fingerprint density at radius 3 is 2.63 bits per heavy atom. The van der Waals surface area contributed by atoms with E-state index in [1.165, 1.54) is 0 Å². The number of anilines is 1. The first-order valence-corrected chi connectivity index (χ1v) is 6.76. The van der Waals surface area contributed by atoms with Gasteiger partial charge in [-0.2, -0.15) is 0 Å². The number of hydrogen-bond donors (Lipinski definition) is 2. The van der Waals surface area contributed by atoms with Crippen molar-refractivity contribution in [1.82, 2.24) is 4.98 Å². The van der Waals surface area contributed by atoms with Gasteiger partial charge in [0.2, 0.25) is 0 Å². The van der Waals surface area contributed by atoms with Crippen molar-refractivity contribution >= 4 is 11.5 Å². The second kappa shape index (κ2) is 6.97. The number of nitrogens with two attached hydrogens (primary N) is 1. The minimum atomic E-state index is 0.120. The molecule has 0 unspecified atom stereocenters. The smallest absolute Gasteiger partial charge is 0.174 e. The summed E-state index contributed by atoms with van der Waals surface area (Å²) >= 11 is 0. The molecule has 0 saturated heterocycles. The van der Waals surface area contributed by atoms with E-state index in [0.717, 1.165) is 48.6 Å². The van der Waals surface area contributed by atoms with Crippen molar-refractivity contribution in [1.29, 1.82) is 0 Å². The van der Waals surface area contributed by atoms with Crippen LogP contribution in [0.5, 0.6) is 0 Å². The minimum Gasteiger partial charge on any atom is -0.409 e. The highest BCUT2D eigenvalue weighted by Gasteiger charge is 2.17. The highest BCUT2D eigenvalue weighted by Crippen LogP contribution is 2.24. The van der Waals surface area contributed by atoms with E-state index in [2.05, 4.69) is 28.9 Å². The number of unbranched alkanes of at least 4 members (excludes halogenated alkanes) is 1. The van der Waals surface area contributed by atoms with Gasteiger partial charge >= 0.3 is 0 Å². The topological polar surface area (TPSA) is 74.7 Å². The molecular formula is C14H24N4O. The standard InChI is InChI=1S/C14H24N4O/c1-5-7-8-18(6-2)12-9-10(3)16-11(4)13(12)14(15)17-19/h9,19H,5-8H2,1-4H3,(H2,15,17). The van der Waals surface area contributed by atoms with Gasteiger partial charge in [0.1, 0.15) is 0 Å². The van der Waals surface area contributed by atoms with Crippen LogP contribution in [-0.4, -0.2) is 29.1 Å².